The van der Waals surface area contributed by atoms with Gasteiger partial charge in [0.2, 0.25) is 0 Å². The normalized spacial score (nSPS) is 12.3. The number of alkyl halides is 2. The zero-order chi connectivity index (χ0) is 15.4. The van der Waals surface area contributed by atoms with Gasteiger partial charge in [-0.25, -0.2) is 8.78 Å². The van der Waals surface area contributed by atoms with Gasteiger partial charge < -0.3 is 14.6 Å². The summed E-state index contributed by atoms with van der Waals surface area (Å²) in [5, 5.41) is 10.4. The summed E-state index contributed by atoms with van der Waals surface area (Å²) in [6.45, 7) is 0. The molecule has 0 amide bonds. The number of hydrogen-bond acceptors (Lipinski definition) is 3. The van der Waals surface area contributed by atoms with Crippen LogP contribution in [0.25, 0.3) is 0 Å². The summed E-state index contributed by atoms with van der Waals surface area (Å²) in [6, 6.07) is 10.6. The number of rotatable bonds is 5. The van der Waals surface area contributed by atoms with E-state index in [0.29, 0.717) is 22.6 Å². The van der Waals surface area contributed by atoms with Gasteiger partial charge >= 0.3 is 0 Å². The van der Waals surface area contributed by atoms with E-state index in [1.54, 1.807) is 18.2 Å². The molecule has 2 rings (SSSR count). The Hall–Kier alpha value is -2.14. The summed E-state index contributed by atoms with van der Waals surface area (Å²) in [5.74, 6) is 1.08. The third kappa shape index (κ3) is 3.31. The minimum Gasteiger partial charge on any atom is -0.497 e. The molecule has 21 heavy (non-hydrogen) atoms. The molecule has 0 radical (unpaired) electrons. The van der Waals surface area contributed by atoms with Crippen molar-refractivity contribution < 1.29 is 23.4 Å². The summed E-state index contributed by atoms with van der Waals surface area (Å²) in [6.07, 6.45) is -3.51. The Bertz CT molecular complexity index is 597. The van der Waals surface area contributed by atoms with Crippen LogP contribution in [0.5, 0.6) is 11.5 Å². The summed E-state index contributed by atoms with van der Waals surface area (Å²) in [7, 11) is 3.02. The highest BCUT2D eigenvalue weighted by molar-refractivity contribution is 5.45. The molecular formula is C16H16F2O3. The molecule has 0 spiro atoms. The average Bonchev–Trinajstić information content (AvgIpc) is 2.53. The number of ether oxygens (including phenoxy) is 2. The number of benzene rings is 2. The van der Waals surface area contributed by atoms with Gasteiger partial charge in [-0.05, 0) is 23.8 Å². The van der Waals surface area contributed by atoms with Crippen molar-refractivity contribution in [1.29, 1.82) is 0 Å². The van der Waals surface area contributed by atoms with Gasteiger partial charge in [0.1, 0.15) is 17.6 Å². The first-order valence-corrected chi connectivity index (χ1v) is 6.34. The lowest BCUT2D eigenvalue weighted by molar-refractivity contribution is 0.151. The van der Waals surface area contributed by atoms with E-state index in [1.807, 2.05) is 0 Å². The predicted molar refractivity (Wildman–Crippen MR) is 75.0 cm³/mol. The molecule has 0 fully saturated rings. The van der Waals surface area contributed by atoms with Gasteiger partial charge in [0.25, 0.3) is 6.43 Å². The molecule has 1 N–H and O–H groups in total. The van der Waals surface area contributed by atoms with E-state index >= 15 is 0 Å². The van der Waals surface area contributed by atoms with Crippen molar-refractivity contribution in [3.8, 4) is 11.5 Å². The van der Waals surface area contributed by atoms with E-state index in [9.17, 15) is 13.9 Å². The lowest BCUT2D eigenvalue weighted by Crippen LogP contribution is -2.03. The Morgan fingerprint density at radius 3 is 2.05 bits per heavy atom. The summed E-state index contributed by atoms with van der Waals surface area (Å²) in [4.78, 5) is 0. The second kappa shape index (κ2) is 6.54. The van der Waals surface area contributed by atoms with Crippen LogP contribution in [0.4, 0.5) is 8.78 Å². The van der Waals surface area contributed by atoms with Crippen LogP contribution in [-0.2, 0) is 0 Å². The topological polar surface area (TPSA) is 38.7 Å². The fourth-order valence-corrected chi connectivity index (χ4v) is 2.06. The molecule has 0 aliphatic heterocycles. The molecule has 5 heteroatoms. The Morgan fingerprint density at radius 1 is 0.905 bits per heavy atom. The van der Waals surface area contributed by atoms with Gasteiger partial charge in [-0.1, -0.05) is 24.3 Å². The molecule has 112 valence electrons. The number of hydrogen-bond donors (Lipinski definition) is 1. The molecule has 0 saturated heterocycles. The molecule has 0 aromatic heterocycles. The lowest BCUT2D eigenvalue weighted by atomic mass is 9.99. The Morgan fingerprint density at radius 2 is 1.52 bits per heavy atom. The van der Waals surface area contributed by atoms with Crippen molar-refractivity contribution in [3.05, 3.63) is 59.2 Å². The monoisotopic (exact) mass is 294 g/mol. The first-order valence-electron chi connectivity index (χ1n) is 6.34. The van der Waals surface area contributed by atoms with E-state index in [4.69, 9.17) is 9.47 Å². The smallest absolute Gasteiger partial charge is 0.263 e. The maximum absolute atomic E-state index is 12.5. The van der Waals surface area contributed by atoms with E-state index in [1.165, 1.54) is 38.5 Å². The van der Waals surface area contributed by atoms with Crippen LogP contribution in [0.3, 0.4) is 0 Å². The number of methoxy groups -OCH3 is 2. The third-order valence-electron chi connectivity index (χ3n) is 3.24. The molecule has 2 aromatic rings. The fraction of sp³-hybridized carbons (Fsp3) is 0.250. The summed E-state index contributed by atoms with van der Waals surface area (Å²) in [5.41, 5.74) is 0.941. The van der Waals surface area contributed by atoms with Crippen molar-refractivity contribution in [2.24, 2.45) is 0 Å². The molecule has 1 unspecified atom stereocenters. The van der Waals surface area contributed by atoms with Crippen LogP contribution < -0.4 is 9.47 Å². The van der Waals surface area contributed by atoms with Crippen LogP contribution in [-0.4, -0.2) is 19.3 Å². The molecule has 3 nitrogen and oxygen atoms in total. The van der Waals surface area contributed by atoms with Gasteiger partial charge in [-0.3, -0.25) is 0 Å². The highest BCUT2D eigenvalue weighted by atomic mass is 19.3. The second-order valence-electron chi connectivity index (χ2n) is 4.48. The Labute approximate surface area is 121 Å². The highest BCUT2D eigenvalue weighted by Crippen LogP contribution is 2.33. The van der Waals surface area contributed by atoms with Gasteiger partial charge in [0.05, 0.1) is 14.2 Å². The number of halogens is 2. The molecule has 0 bridgehead atoms. The zero-order valence-corrected chi connectivity index (χ0v) is 11.7. The van der Waals surface area contributed by atoms with Crippen molar-refractivity contribution in [1.82, 2.24) is 0 Å². The van der Waals surface area contributed by atoms with Gasteiger partial charge in [-0.2, -0.15) is 0 Å². The minimum absolute atomic E-state index is 0.0800. The van der Waals surface area contributed by atoms with Crippen molar-refractivity contribution in [3.63, 3.8) is 0 Å². The zero-order valence-electron chi connectivity index (χ0n) is 11.7. The van der Waals surface area contributed by atoms with Crippen LogP contribution in [0.15, 0.2) is 42.5 Å². The van der Waals surface area contributed by atoms with Crippen LogP contribution in [0.2, 0.25) is 0 Å². The highest BCUT2D eigenvalue weighted by Gasteiger charge is 2.17. The van der Waals surface area contributed by atoms with Gasteiger partial charge in [0.15, 0.2) is 0 Å². The van der Waals surface area contributed by atoms with Crippen molar-refractivity contribution >= 4 is 0 Å². The lowest BCUT2D eigenvalue weighted by Gasteiger charge is -2.16. The Kier molecular flexibility index (Phi) is 4.75. The maximum Gasteiger partial charge on any atom is 0.263 e. The van der Waals surface area contributed by atoms with Crippen LogP contribution in [0.1, 0.15) is 29.2 Å². The third-order valence-corrected chi connectivity index (χ3v) is 3.24. The van der Waals surface area contributed by atoms with Crippen LogP contribution >= 0.6 is 0 Å². The van der Waals surface area contributed by atoms with E-state index in [2.05, 4.69) is 0 Å². The second-order valence-corrected chi connectivity index (χ2v) is 4.48. The summed E-state index contributed by atoms with van der Waals surface area (Å²) >= 11 is 0. The molecule has 1 atom stereocenters. The number of aliphatic hydroxyl groups excluding tert-OH is 1. The number of aliphatic hydroxyl groups is 1. The minimum atomic E-state index is -2.53. The van der Waals surface area contributed by atoms with Gasteiger partial charge in [-0.15, -0.1) is 0 Å². The average molecular weight is 294 g/mol. The maximum atomic E-state index is 12.5. The van der Waals surface area contributed by atoms with Crippen LogP contribution in [0, 0.1) is 0 Å². The Balaban J connectivity index is 2.36. The van der Waals surface area contributed by atoms with Crippen molar-refractivity contribution in [2.45, 2.75) is 12.5 Å². The quantitative estimate of drug-likeness (QED) is 0.913. The fourth-order valence-electron chi connectivity index (χ4n) is 2.06. The van der Waals surface area contributed by atoms with E-state index in [0.717, 1.165) is 0 Å². The molecular weight excluding hydrogens is 278 g/mol. The summed E-state index contributed by atoms with van der Waals surface area (Å²) < 4.78 is 35.4. The standard InChI is InChI=1S/C16H16F2O3/c1-20-12-7-8-14(21-2)13(9-12)15(19)10-3-5-11(6-4-10)16(17)18/h3-9,15-16,19H,1-2H3. The predicted octanol–water partition coefficient (Wildman–Crippen LogP) is 3.72. The molecule has 0 aliphatic carbocycles. The first-order chi connectivity index (χ1) is 10.1. The first kappa shape index (κ1) is 15.3. The van der Waals surface area contributed by atoms with E-state index < -0.39 is 12.5 Å². The molecule has 0 saturated carbocycles. The van der Waals surface area contributed by atoms with E-state index in [-0.39, 0.29) is 5.56 Å². The largest absolute Gasteiger partial charge is 0.497 e. The molecule has 0 aliphatic rings. The van der Waals surface area contributed by atoms with Gasteiger partial charge in [0, 0.05) is 11.1 Å². The SMILES string of the molecule is COc1ccc(OC)c(C(O)c2ccc(C(F)F)cc2)c1. The molecule has 0 heterocycles. The molecule has 2 aromatic carbocycles. The van der Waals surface area contributed by atoms with Crippen molar-refractivity contribution in [2.75, 3.05) is 14.2 Å².